The van der Waals surface area contributed by atoms with E-state index in [1.165, 1.54) is 0 Å². The number of rotatable bonds is 5. The van der Waals surface area contributed by atoms with E-state index in [1.54, 1.807) is 0 Å². The van der Waals surface area contributed by atoms with E-state index >= 15 is 0 Å². The van der Waals surface area contributed by atoms with E-state index in [2.05, 4.69) is 0 Å². The van der Waals surface area contributed by atoms with Gasteiger partial charge < -0.3 is 9.47 Å². The number of carbonyl (C=O) groups is 1. The lowest BCUT2D eigenvalue weighted by molar-refractivity contribution is -0.151. The summed E-state index contributed by atoms with van der Waals surface area (Å²) in [5.41, 5.74) is 0. The molecule has 0 amide bonds. The van der Waals surface area contributed by atoms with Crippen LogP contribution in [0.5, 0.6) is 0 Å². The van der Waals surface area contributed by atoms with Crippen molar-refractivity contribution < 1.29 is 14.3 Å². The lowest BCUT2D eigenvalue weighted by Gasteiger charge is -2.21. The van der Waals surface area contributed by atoms with Gasteiger partial charge in [0.05, 0.1) is 13.2 Å². The SMILES string of the molecule is CCCC(=O)CCC1(C)OCCO1. The van der Waals surface area contributed by atoms with Gasteiger partial charge in [-0.05, 0) is 13.3 Å². The van der Waals surface area contributed by atoms with Crippen LogP contribution in [-0.2, 0) is 14.3 Å². The van der Waals surface area contributed by atoms with Gasteiger partial charge in [-0.25, -0.2) is 0 Å². The Hall–Kier alpha value is -0.410. The Morgan fingerprint density at radius 1 is 1.31 bits per heavy atom. The summed E-state index contributed by atoms with van der Waals surface area (Å²) < 4.78 is 10.8. The number of hydrogen-bond donors (Lipinski definition) is 0. The van der Waals surface area contributed by atoms with Crippen molar-refractivity contribution in [3.63, 3.8) is 0 Å². The van der Waals surface area contributed by atoms with Crippen LogP contribution in [0.1, 0.15) is 39.5 Å². The molecule has 0 atom stereocenters. The smallest absolute Gasteiger partial charge is 0.166 e. The van der Waals surface area contributed by atoms with Crippen molar-refractivity contribution in [1.29, 1.82) is 0 Å². The second-order valence-corrected chi connectivity index (χ2v) is 3.62. The molecular weight excluding hydrogens is 168 g/mol. The molecule has 1 aliphatic rings. The summed E-state index contributed by atoms with van der Waals surface area (Å²) in [5.74, 6) is -0.188. The third-order valence-corrected chi connectivity index (χ3v) is 2.28. The molecule has 0 radical (unpaired) electrons. The Balaban J connectivity index is 2.21. The van der Waals surface area contributed by atoms with E-state index in [9.17, 15) is 4.79 Å². The summed E-state index contributed by atoms with van der Waals surface area (Å²) in [5, 5.41) is 0. The van der Waals surface area contributed by atoms with Crippen LogP contribution in [-0.4, -0.2) is 24.8 Å². The average molecular weight is 186 g/mol. The van der Waals surface area contributed by atoms with Gasteiger partial charge in [-0.1, -0.05) is 6.92 Å². The van der Waals surface area contributed by atoms with Crippen molar-refractivity contribution in [3.8, 4) is 0 Å². The minimum absolute atomic E-state index is 0.308. The van der Waals surface area contributed by atoms with Gasteiger partial charge in [0.15, 0.2) is 5.79 Å². The summed E-state index contributed by atoms with van der Waals surface area (Å²) in [6.07, 6.45) is 2.86. The Morgan fingerprint density at radius 3 is 2.46 bits per heavy atom. The molecule has 1 heterocycles. The Labute approximate surface area is 79.4 Å². The average Bonchev–Trinajstić information content (AvgIpc) is 2.51. The molecule has 13 heavy (non-hydrogen) atoms. The van der Waals surface area contributed by atoms with Gasteiger partial charge in [0.25, 0.3) is 0 Å². The van der Waals surface area contributed by atoms with Crippen LogP contribution >= 0.6 is 0 Å². The maximum atomic E-state index is 11.2. The summed E-state index contributed by atoms with van der Waals surface area (Å²) in [7, 11) is 0. The molecule has 1 rings (SSSR count). The molecule has 1 fully saturated rings. The van der Waals surface area contributed by atoms with Crippen LogP contribution in [0.2, 0.25) is 0 Å². The van der Waals surface area contributed by atoms with Crippen LogP contribution in [0.4, 0.5) is 0 Å². The summed E-state index contributed by atoms with van der Waals surface area (Å²) >= 11 is 0. The summed E-state index contributed by atoms with van der Waals surface area (Å²) in [6, 6.07) is 0. The van der Waals surface area contributed by atoms with Crippen LogP contribution in [0.25, 0.3) is 0 Å². The second kappa shape index (κ2) is 4.72. The van der Waals surface area contributed by atoms with Gasteiger partial charge in [-0.2, -0.15) is 0 Å². The number of ketones is 1. The molecule has 0 aliphatic carbocycles. The molecule has 3 nitrogen and oxygen atoms in total. The van der Waals surface area contributed by atoms with E-state index in [4.69, 9.17) is 9.47 Å². The summed E-state index contributed by atoms with van der Waals surface area (Å²) in [6.45, 7) is 5.22. The Morgan fingerprint density at radius 2 is 1.92 bits per heavy atom. The molecule has 0 unspecified atom stereocenters. The number of hydrogen-bond acceptors (Lipinski definition) is 3. The third-order valence-electron chi connectivity index (χ3n) is 2.28. The second-order valence-electron chi connectivity index (χ2n) is 3.62. The van der Waals surface area contributed by atoms with Gasteiger partial charge in [-0.3, -0.25) is 4.79 Å². The van der Waals surface area contributed by atoms with Crippen LogP contribution in [0, 0.1) is 0 Å². The maximum absolute atomic E-state index is 11.2. The quantitative estimate of drug-likeness (QED) is 0.657. The minimum atomic E-state index is -0.497. The first-order valence-electron chi connectivity index (χ1n) is 4.96. The molecule has 1 saturated heterocycles. The van der Waals surface area contributed by atoms with E-state index < -0.39 is 5.79 Å². The molecule has 0 aromatic carbocycles. The molecule has 3 heteroatoms. The van der Waals surface area contributed by atoms with Crippen molar-refractivity contribution in [2.45, 2.75) is 45.3 Å². The highest BCUT2D eigenvalue weighted by Crippen LogP contribution is 2.24. The molecule has 0 N–H and O–H groups in total. The highest BCUT2D eigenvalue weighted by atomic mass is 16.7. The van der Waals surface area contributed by atoms with Gasteiger partial charge in [0.1, 0.15) is 5.78 Å². The zero-order chi connectivity index (χ0) is 9.73. The molecule has 76 valence electrons. The molecule has 0 aromatic rings. The highest BCUT2D eigenvalue weighted by molar-refractivity contribution is 5.78. The largest absolute Gasteiger partial charge is 0.348 e. The number of ether oxygens (including phenoxy) is 2. The summed E-state index contributed by atoms with van der Waals surface area (Å²) in [4.78, 5) is 11.2. The first-order chi connectivity index (χ1) is 6.16. The minimum Gasteiger partial charge on any atom is -0.348 e. The van der Waals surface area contributed by atoms with Crippen molar-refractivity contribution in [1.82, 2.24) is 0 Å². The standard InChI is InChI=1S/C10H18O3/c1-3-4-9(11)5-6-10(2)12-7-8-13-10/h3-8H2,1-2H3. The highest BCUT2D eigenvalue weighted by Gasteiger charge is 2.30. The van der Waals surface area contributed by atoms with Gasteiger partial charge >= 0.3 is 0 Å². The first kappa shape index (κ1) is 10.7. The fourth-order valence-electron chi connectivity index (χ4n) is 1.47. The molecule has 0 bridgehead atoms. The number of carbonyl (C=O) groups excluding carboxylic acids is 1. The van der Waals surface area contributed by atoms with Gasteiger partial charge in [0, 0.05) is 19.3 Å². The Bertz CT molecular complexity index is 171. The van der Waals surface area contributed by atoms with Crippen molar-refractivity contribution >= 4 is 5.78 Å². The monoisotopic (exact) mass is 186 g/mol. The zero-order valence-electron chi connectivity index (χ0n) is 8.47. The third kappa shape index (κ3) is 3.44. The lowest BCUT2D eigenvalue weighted by atomic mass is 10.1. The van der Waals surface area contributed by atoms with E-state index in [1.807, 2.05) is 13.8 Å². The molecule has 0 spiro atoms. The first-order valence-corrected chi connectivity index (χ1v) is 4.96. The zero-order valence-corrected chi connectivity index (χ0v) is 8.47. The van der Waals surface area contributed by atoms with Crippen LogP contribution < -0.4 is 0 Å². The fraction of sp³-hybridized carbons (Fsp3) is 0.900. The number of Topliss-reactive ketones (excluding diaryl/α,β-unsaturated/α-hetero) is 1. The topological polar surface area (TPSA) is 35.5 Å². The molecular formula is C10H18O3. The predicted molar refractivity (Wildman–Crippen MR) is 49.5 cm³/mol. The van der Waals surface area contributed by atoms with Crippen molar-refractivity contribution in [2.24, 2.45) is 0 Å². The van der Waals surface area contributed by atoms with Crippen LogP contribution in [0.3, 0.4) is 0 Å². The van der Waals surface area contributed by atoms with E-state index in [0.717, 1.165) is 6.42 Å². The molecule has 0 aromatic heterocycles. The molecule has 1 aliphatic heterocycles. The van der Waals surface area contributed by atoms with Crippen molar-refractivity contribution in [2.75, 3.05) is 13.2 Å². The van der Waals surface area contributed by atoms with Gasteiger partial charge in [0.2, 0.25) is 0 Å². The maximum Gasteiger partial charge on any atom is 0.166 e. The predicted octanol–water partition coefficient (Wildman–Crippen LogP) is 1.90. The normalized spacial score (nSPS) is 20.5. The van der Waals surface area contributed by atoms with Crippen LogP contribution in [0.15, 0.2) is 0 Å². The van der Waals surface area contributed by atoms with E-state index in [-0.39, 0.29) is 0 Å². The Kier molecular flexibility index (Phi) is 3.88. The van der Waals surface area contributed by atoms with E-state index in [0.29, 0.717) is 38.3 Å². The van der Waals surface area contributed by atoms with Gasteiger partial charge in [-0.15, -0.1) is 0 Å². The lowest BCUT2D eigenvalue weighted by Crippen LogP contribution is -2.26. The molecule has 0 saturated carbocycles. The van der Waals surface area contributed by atoms with Crippen molar-refractivity contribution in [3.05, 3.63) is 0 Å². The fourth-order valence-corrected chi connectivity index (χ4v) is 1.47.